The molecule has 0 saturated carbocycles. The highest BCUT2D eigenvalue weighted by molar-refractivity contribution is 6.30. The smallest absolute Gasteiger partial charge is 0.234 e. The monoisotopic (exact) mass is 254 g/mol. The fourth-order valence-corrected chi connectivity index (χ4v) is 1.72. The number of nitrogens with one attached hydrogen (secondary N) is 2. The van der Waals surface area contributed by atoms with Crippen LogP contribution >= 0.6 is 11.6 Å². The molecule has 4 heteroatoms. The zero-order chi connectivity index (χ0) is 12.7. The van der Waals surface area contributed by atoms with Crippen molar-refractivity contribution in [3.63, 3.8) is 0 Å². The Bertz CT molecular complexity index is 351. The molecule has 0 saturated heterocycles. The molecule has 0 heterocycles. The summed E-state index contributed by atoms with van der Waals surface area (Å²) >= 11 is 5.81. The van der Waals surface area contributed by atoms with Crippen LogP contribution in [0.25, 0.3) is 0 Å². The van der Waals surface area contributed by atoms with Crippen molar-refractivity contribution in [2.75, 3.05) is 13.1 Å². The lowest BCUT2D eigenvalue weighted by Gasteiger charge is -2.14. The second kappa shape index (κ2) is 7.30. The van der Waals surface area contributed by atoms with E-state index >= 15 is 0 Å². The minimum Gasteiger partial charge on any atom is -0.352 e. The number of amides is 1. The van der Waals surface area contributed by atoms with Crippen LogP contribution in [0.1, 0.15) is 19.4 Å². The lowest BCUT2D eigenvalue weighted by Crippen LogP contribution is -2.39. The molecule has 0 aliphatic rings. The first kappa shape index (κ1) is 14.0. The van der Waals surface area contributed by atoms with Gasteiger partial charge in [-0.05, 0) is 37.6 Å². The molecule has 0 spiro atoms. The molecule has 0 bridgehead atoms. The molecule has 0 aliphatic heterocycles. The van der Waals surface area contributed by atoms with Crippen LogP contribution in [-0.2, 0) is 11.2 Å². The summed E-state index contributed by atoms with van der Waals surface area (Å²) in [5.41, 5.74) is 1.17. The van der Waals surface area contributed by atoms with Gasteiger partial charge in [-0.3, -0.25) is 4.79 Å². The maximum atomic E-state index is 11.5. The minimum atomic E-state index is 0.0355. The van der Waals surface area contributed by atoms with E-state index in [9.17, 15) is 4.79 Å². The molecule has 1 amide bonds. The fraction of sp³-hybridized carbons (Fsp3) is 0.462. The molecule has 0 aliphatic carbocycles. The number of hydrogen-bond acceptors (Lipinski definition) is 2. The van der Waals surface area contributed by atoms with Crippen LogP contribution in [0.4, 0.5) is 0 Å². The molecule has 0 radical (unpaired) electrons. The van der Waals surface area contributed by atoms with Gasteiger partial charge in [0.25, 0.3) is 0 Å². The van der Waals surface area contributed by atoms with E-state index in [4.69, 9.17) is 11.6 Å². The van der Waals surface area contributed by atoms with Crippen molar-refractivity contribution < 1.29 is 4.79 Å². The summed E-state index contributed by atoms with van der Waals surface area (Å²) in [5.74, 6) is 0.0355. The molecule has 1 atom stereocenters. The SMILES string of the molecule is CCNCC(=O)NC(C)Cc1ccc(Cl)cc1. The number of halogens is 1. The van der Waals surface area contributed by atoms with Crippen molar-refractivity contribution in [1.82, 2.24) is 10.6 Å². The second-order valence-corrected chi connectivity index (χ2v) is 4.52. The van der Waals surface area contributed by atoms with Crippen LogP contribution in [0.2, 0.25) is 5.02 Å². The summed E-state index contributed by atoms with van der Waals surface area (Å²) in [6, 6.07) is 7.82. The standard InChI is InChI=1S/C13H19ClN2O/c1-3-15-9-13(17)16-10(2)8-11-4-6-12(14)7-5-11/h4-7,10,15H,3,8-9H2,1-2H3,(H,16,17). The number of benzene rings is 1. The predicted octanol–water partition coefficient (Wildman–Crippen LogP) is 2.00. The van der Waals surface area contributed by atoms with Gasteiger partial charge >= 0.3 is 0 Å². The average Bonchev–Trinajstić information content (AvgIpc) is 2.29. The largest absolute Gasteiger partial charge is 0.352 e. The van der Waals surface area contributed by atoms with Gasteiger partial charge < -0.3 is 10.6 Å². The van der Waals surface area contributed by atoms with Crippen LogP contribution in [0.15, 0.2) is 24.3 Å². The molecule has 0 aromatic heterocycles. The van der Waals surface area contributed by atoms with Crippen LogP contribution < -0.4 is 10.6 Å². The minimum absolute atomic E-state index is 0.0355. The van der Waals surface area contributed by atoms with Crippen LogP contribution in [-0.4, -0.2) is 25.0 Å². The zero-order valence-corrected chi connectivity index (χ0v) is 11.1. The Morgan fingerprint density at radius 1 is 1.35 bits per heavy atom. The summed E-state index contributed by atoms with van der Waals surface area (Å²) < 4.78 is 0. The normalized spacial score (nSPS) is 12.2. The average molecular weight is 255 g/mol. The highest BCUT2D eigenvalue weighted by Gasteiger charge is 2.07. The van der Waals surface area contributed by atoms with E-state index in [1.807, 2.05) is 38.1 Å². The van der Waals surface area contributed by atoms with Gasteiger partial charge in [0.15, 0.2) is 0 Å². The molecular weight excluding hydrogens is 236 g/mol. The number of carbonyl (C=O) groups excluding carboxylic acids is 1. The topological polar surface area (TPSA) is 41.1 Å². The third-order valence-electron chi connectivity index (χ3n) is 2.40. The number of rotatable bonds is 6. The first-order valence-electron chi connectivity index (χ1n) is 5.86. The molecule has 1 rings (SSSR count). The fourth-order valence-electron chi connectivity index (χ4n) is 1.59. The van der Waals surface area contributed by atoms with Crippen LogP contribution in [0, 0.1) is 0 Å². The maximum absolute atomic E-state index is 11.5. The Kier molecular flexibility index (Phi) is 6.01. The Morgan fingerprint density at radius 2 is 2.00 bits per heavy atom. The van der Waals surface area contributed by atoms with E-state index in [1.54, 1.807) is 0 Å². The van der Waals surface area contributed by atoms with Crippen molar-refractivity contribution in [2.45, 2.75) is 26.3 Å². The predicted molar refractivity (Wildman–Crippen MR) is 71.3 cm³/mol. The van der Waals surface area contributed by atoms with E-state index in [0.29, 0.717) is 6.54 Å². The molecule has 94 valence electrons. The van der Waals surface area contributed by atoms with Gasteiger partial charge in [-0.25, -0.2) is 0 Å². The van der Waals surface area contributed by atoms with Gasteiger partial charge in [0.05, 0.1) is 6.54 Å². The maximum Gasteiger partial charge on any atom is 0.234 e. The Hall–Kier alpha value is -1.06. The molecule has 17 heavy (non-hydrogen) atoms. The van der Waals surface area contributed by atoms with Crippen molar-refractivity contribution >= 4 is 17.5 Å². The summed E-state index contributed by atoms with van der Waals surface area (Å²) in [5, 5.41) is 6.67. The van der Waals surface area contributed by atoms with Gasteiger partial charge in [-0.1, -0.05) is 30.7 Å². The summed E-state index contributed by atoms with van der Waals surface area (Å²) in [6.45, 7) is 5.16. The van der Waals surface area contributed by atoms with E-state index in [1.165, 1.54) is 5.56 Å². The van der Waals surface area contributed by atoms with Gasteiger partial charge in [0, 0.05) is 11.1 Å². The van der Waals surface area contributed by atoms with Gasteiger partial charge in [-0.2, -0.15) is 0 Å². The number of likely N-dealkylation sites (N-methyl/N-ethyl adjacent to an activating group) is 1. The molecule has 0 fully saturated rings. The van der Waals surface area contributed by atoms with Crippen molar-refractivity contribution in [1.29, 1.82) is 0 Å². The summed E-state index contributed by atoms with van der Waals surface area (Å²) in [7, 11) is 0. The molecule has 2 N–H and O–H groups in total. The van der Waals surface area contributed by atoms with Gasteiger partial charge in [-0.15, -0.1) is 0 Å². The highest BCUT2D eigenvalue weighted by atomic mass is 35.5. The van der Waals surface area contributed by atoms with Crippen LogP contribution in [0.5, 0.6) is 0 Å². The third-order valence-corrected chi connectivity index (χ3v) is 2.65. The van der Waals surface area contributed by atoms with Crippen molar-refractivity contribution in [2.24, 2.45) is 0 Å². The lowest BCUT2D eigenvalue weighted by atomic mass is 10.1. The summed E-state index contributed by atoms with van der Waals surface area (Å²) in [4.78, 5) is 11.5. The first-order valence-corrected chi connectivity index (χ1v) is 6.24. The highest BCUT2D eigenvalue weighted by Crippen LogP contribution is 2.10. The van der Waals surface area contributed by atoms with Crippen molar-refractivity contribution in [3.05, 3.63) is 34.9 Å². The first-order chi connectivity index (χ1) is 8.11. The van der Waals surface area contributed by atoms with E-state index < -0.39 is 0 Å². The summed E-state index contributed by atoms with van der Waals surface area (Å²) in [6.07, 6.45) is 0.815. The lowest BCUT2D eigenvalue weighted by molar-refractivity contribution is -0.120. The van der Waals surface area contributed by atoms with Crippen molar-refractivity contribution in [3.8, 4) is 0 Å². The van der Waals surface area contributed by atoms with Crippen LogP contribution in [0.3, 0.4) is 0 Å². The number of hydrogen-bond donors (Lipinski definition) is 2. The Morgan fingerprint density at radius 3 is 2.59 bits per heavy atom. The molecule has 1 unspecified atom stereocenters. The molecule has 1 aromatic carbocycles. The zero-order valence-electron chi connectivity index (χ0n) is 10.3. The molecule has 1 aromatic rings. The number of carbonyl (C=O) groups is 1. The Balaban J connectivity index is 2.36. The third kappa shape index (κ3) is 5.71. The second-order valence-electron chi connectivity index (χ2n) is 4.08. The van der Waals surface area contributed by atoms with E-state index in [-0.39, 0.29) is 11.9 Å². The van der Waals surface area contributed by atoms with E-state index in [0.717, 1.165) is 18.0 Å². The molecule has 3 nitrogen and oxygen atoms in total. The van der Waals surface area contributed by atoms with Gasteiger partial charge in [0.1, 0.15) is 0 Å². The van der Waals surface area contributed by atoms with E-state index in [2.05, 4.69) is 10.6 Å². The quantitative estimate of drug-likeness (QED) is 0.815. The van der Waals surface area contributed by atoms with Gasteiger partial charge in [0.2, 0.25) is 5.91 Å². The Labute approximate surface area is 108 Å². The molecular formula is C13H19ClN2O.